The second kappa shape index (κ2) is 10.8. The summed E-state index contributed by atoms with van der Waals surface area (Å²) in [6.45, 7) is 4.37. The molecule has 1 unspecified atom stereocenters. The smallest absolute Gasteiger partial charge is 0.353 e. The maximum atomic E-state index is 12.4. The highest BCUT2D eigenvalue weighted by molar-refractivity contribution is 8.04. The van der Waals surface area contributed by atoms with Gasteiger partial charge in [-0.1, -0.05) is 6.92 Å². The number of nitrogens with one attached hydrogen (secondary N) is 1. The zero-order chi connectivity index (χ0) is 22.7. The van der Waals surface area contributed by atoms with Crippen molar-refractivity contribution >= 4 is 53.1 Å². The Kier molecular flexibility index (Phi) is 8.65. The Morgan fingerprint density at radius 3 is 2.65 bits per heavy atom. The van der Waals surface area contributed by atoms with Gasteiger partial charge in [0.2, 0.25) is 11.8 Å². The van der Waals surface area contributed by atoms with Gasteiger partial charge in [-0.2, -0.15) is 23.5 Å². The van der Waals surface area contributed by atoms with E-state index in [4.69, 9.17) is 5.73 Å². The molecule has 0 saturated carbocycles. The molecule has 0 aliphatic carbocycles. The first-order valence-corrected chi connectivity index (χ1v) is 13.7. The summed E-state index contributed by atoms with van der Waals surface area (Å²) in [5.41, 5.74) is 5.24. The Balaban J connectivity index is 1.47. The molecule has 2 saturated heterocycles. The van der Waals surface area contributed by atoms with Crippen LogP contribution >= 0.6 is 35.3 Å². The number of nitrogens with zero attached hydrogens (tertiary/aromatic N) is 1. The van der Waals surface area contributed by atoms with Crippen LogP contribution in [0.25, 0.3) is 0 Å². The van der Waals surface area contributed by atoms with E-state index in [1.165, 1.54) is 4.90 Å². The second-order valence-electron chi connectivity index (χ2n) is 8.26. The zero-order valence-electron chi connectivity index (χ0n) is 17.8. The fourth-order valence-electron chi connectivity index (χ4n) is 4.48. The van der Waals surface area contributed by atoms with Gasteiger partial charge < -0.3 is 26.2 Å². The number of nitrogens with two attached hydrogens (primary N) is 1. The second-order valence-corrected chi connectivity index (χ2v) is 12.0. The van der Waals surface area contributed by atoms with Crippen molar-refractivity contribution in [2.45, 2.75) is 50.1 Å². The van der Waals surface area contributed by atoms with Crippen molar-refractivity contribution in [3.63, 3.8) is 0 Å². The number of rotatable bonds is 12. The summed E-state index contributed by atoms with van der Waals surface area (Å²) in [7, 11) is 0. The van der Waals surface area contributed by atoms with E-state index in [1.807, 2.05) is 18.7 Å². The van der Waals surface area contributed by atoms with E-state index in [0.29, 0.717) is 12.5 Å². The first-order valence-electron chi connectivity index (χ1n) is 10.5. The fourth-order valence-corrected chi connectivity index (χ4v) is 8.19. The third kappa shape index (κ3) is 5.55. The molecule has 2 amide bonds. The number of aliphatic carboxylic acids is 1. The molecule has 174 valence electrons. The van der Waals surface area contributed by atoms with Crippen molar-refractivity contribution in [3.8, 4) is 0 Å². The number of carboxylic acids is 1. The van der Waals surface area contributed by atoms with E-state index in [0.717, 1.165) is 40.9 Å². The third-order valence-corrected chi connectivity index (χ3v) is 9.86. The van der Waals surface area contributed by atoms with Gasteiger partial charge in [-0.25, -0.2) is 4.79 Å². The normalized spacial score (nSPS) is 31.0. The highest BCUT2D eigenvalue weighted by atomic mass is 32.2. The number of aliphatic hydroxyl groups is 1. The molecule has 3 aliphatic heterocycles. The summed E-state index contributed by atoms with van der Waals surface area (Å²) < 4.78 is 0. The summed E-state index contributed by atoms with van der Waals surface area (Å²) in [5.74, 6) is 1.56. The minimum absolute atomic E-state index is 0.0840. The Morgan fingerprint density at radius 1 is 1.29 bits per heavy atom. The van der Waals surface area contributed by atoms with Crippen LogP contribution in [0.1, 0.15) is 26.7 Å². The standard InChI is InChI=1S/C20H31N3O5S3/c1-10-16-15(11(2)24)19(26)23(16)17(20(27)28)18(10)31-13-7-12(22-8-13)9-30-6-5-29-4-3-14(21)25/h10-13,15-16,22,24H,3-9H2,1-2H3,(H2,21,25)(H,27,28)/t10-,11-,12+,13+,15-,16?/m1/s1. The highest BCUT2D eigenvalue weighted by Gasteiger charge is 2.60. The molecule has 3 aliphatic rings. The molecule has 5 N–H and O–H groups in total. The fraction of sp³-hybridized carbons (Fsp3) is 0.750. The van der Waals surface area contributed by atoms with Gasteiger partial charge in [0.1, 0.15) is 5.70 Å². The van der Waals surface area contributed by atoms with Crippen LogP contribution in [0.2, 0.25) is 0 Å². The number of primary amides is 1. The van der Waals surface area contributed by atoms with Crippen LogP contribution in [0.15, 0.2) is 10.6 Å². The van der Waals surface area contributed by atoms with Crippen molar-refractivity contribution in [2.24, 2.45) is 17.6 Å². The number of fused-ring (bicyclic) bond motifs is 1. The number of aliphatic hydroxyl groups excluding tert-OH is 1. The predicted octanol–water partition coefficient (Wildman–Crippen LogP) is 0.946. The van der Waals surface area contributed by atoms with Gasteiger partial charge in [0.25, 0.3) is 0 Å². The van der Waals surface area contributed by atoms with Gasteiger partial charge in [-0.3, -0.25) is 9.59 Å². The summed E-state index contributed by atoms with van der Waals surface area (Å²) in [6, 6.07) is 0.126. The van der Waals surface area contributed by atoms with E-state index in [1.54, 1.807) is 30.4 Å². The molecule has 8 nitrogen and oxygen atoms in total. The monoisotopic (exact) mass is 489 g/mol. The lowest BCUT2D eigenvalue weighted by molar-refractivity contribution is -0.163. The van der Waals surface area contributed by atoms with Crippen LogP contribution < -0.4 is 11.1 Å². The maximum absolute atomic E-state index is 12.4. The number of β-lactam (4-membered cyclic amide) rings is 1. The molecular weight excluding hydrogens is 458 g/mol. The highest BCUT2D eigenvalue weighted by Crippen LogP contribution is 2.51. The summed E-state index contributed by atoms with van der Waals surface area (Å²) in [6.07, 6.45) is 0.597. The average Bonchev–Trinajstić information content (AvgIpc) is 3.22. The zero-order valence-corrected chi connectivity index (χ0v) is 20.2. The molecule has 0 spiro atoms. The molecule has 0 aromatic carbocycles. The van der Waals surface area contributed by atoms with Crippen LogP contribution in [-0.4, -0.2) is 85.9 Å². The molecular formula is C20H31N3O5S3. The average molecular weight is 490 g/mol. The first-order chi connectivity index (χ1) is 14.7. The van der Waals surface area contributed by atoms with Gasteiger partial charge in [-0.05, 0) is 13.3 Å². The number of hydrogen-bond donors (Lipinski definition) is 4. The maximum Gasteiger partial charge on any atom is 0.353 e. The number of thioether (sulfide) groups is 3. The SMILES string of the molecule is C[C@H]1C(S[C@@H]2CN[C@H](CSCCSCCC(N)=O)C2)=C(C(=O)O)N2C(=O)[C@H]([C@@H](C)O)C12. The minimum Gasteiger partial charge on any atom is -0.477 e. The lowest BCUT2D eigenvalue weighted by Gasteiger charge is -2.46. The number of carboxylic acid groups (broad SMARTS) is 1. The molecule has 6 atom stereocenters. The van der Waals surface area contributed by atoms with Crippen LogP contribution in [0.4, 0.5) is 0 Å². The Hall–Kier alpha value is -0.880. The molecule has 11 heteroatoms. The third-order valence-electron chi connectivity index (χ3n) is 5.97. The van der Waals surface area contributed by atoms with Crippen molar-refractivity contribution < 1.29 is 24.6 Å². The lowest BCUT2D eigenvalue weighted by atomic mass is 9.79. The molecule has 31 heavy (non-hydrogen) atoms. The number of carbonyl (C=O) groups excluding carboxylic acids is 2. The van der Waals surface area contributed by atoms with E-state index in [9.17, 15) is 24.6 Å². The summed E-state index contributed by atoms with van der Waals surface area (Å²) >= 11 is 5.20. The van der Waals surface area contributed by atoms with Crippen LogP contribution in [-0.2, 0) is 14.4 Å². The van der Waals surface area contributed by atoms with Gasteiger partial charge in [-0.15, -0.1) is 11.8 Å². The molecule has 2 fully saturated rings. The van der Waals surface area contributed by atoms with E-state index in [-0.39, 0.29) is 34.7 Å². The first kappa shape index (κ1) is 24.8. The largest absolute Gasteiger partial charge is 0.477 e. The van der Waals surface area contributed by atoms with Crippen LogP contribution in [0.5, 0.6) is 0 Å². The molecule has 0 bridgehead atoms. The topological polar surface area (TPSA) is 133 Å². The van der Waals surface area contributed by atoms with E-state index >= 15 is 0 Å². The Bertz CT molecular complexity index is 748. The van der Waals surface area contributed by atoms with Crippen molar-refractivity contribution in [2.75, 3.05) is 29.6 Å². The number of hydrogen-bond acceptors (Lipinski definition) is 8. The van der Waals surface area contributed by atoms with Crippen molar-refractivity contribution in [1.29, 1.82) is 0 Å². The number of carbonyl (C=O) groups is 3. The lowest BCUT2D eigenvalue weighted by Crippen LogP contribution is -2.63. The predicted molar refractivity (Wildman–Crippen MR) is 126 cm³/mol. The molecule has 0 aromatic heterocycles. The van der Waals surface area contributed by atoms with Gasteiger partial charge in [0.05, 0.1) is 18.1 Å². The van der Waals surface area contributed by atoms with Crippen molar-refractivity contribution in [1.82, 2.24) is 10.2 Å². The van der Waals surface area contributed by atoms with E-state index < -0.39 is 18.0 Å². The van der Waals surface area contributed by atoms with Gasteiger partial charge >= 0.3 is 5.97 Å². The van der Waals surface area contributed by atoms with Crippen LogP contribution in [0, 0.1) is 11.8 Å². The molecule has 3 rings (SSSR count). The quantitative estimate of drug-likeness (QED) is 0.233. The molecule has 3 heterocycles. The minimum atomic E-state index is -1.07. The van der Waals surface area contributed by atoms with E-state index in [2.05, 4.69) is 5.32 Å². The van der Waals surface area contributed by atoms with Crippen LogP contribution in [0.3, 0.4) is 0 Å². The van der Waals surface area contributed by atoms with Gasteiger partial charge in [0.15, 0.2) is 0 Å². The summed E-state index contributed by atoms with van der Waals surface area (Å²) in [4.78, 5) is 37.2. The summed E-state index contributed by atoms with van der Waals surface area (Å²) in [5, 5.41) is 23.5. The Labute approximate surface area is 195 Å². The van der Waals surface area contributed by atoms with Gasteiger partial charge in [0, 0.05) is 58.1 Å². The number of amides is 2. The van der Waals surface area contributed by atoms with Crippen molar-refractivity contribution in [3.05, 3.63) is 10.6 Å². The Morgan fingerprint density at radius 2 is 2.00 bits per heavy atom. The molecule has 0 aromatic rings. The molecule has 0 radical (unpaired) electrons.